The maximum atomic E-state index is 11.3. The lowest BCUT2D eigenvalue weighted by molar-refractivity contribution is -0.138. The van der Waals surface area contributed by atoms with Gasteiger partial charge in [0.2, 0.25) is 0 Å². The molecule has 1 saturated carbocycles. The normalized spacial score (nSPS) is 31.8. The van der Waals surface area contributed by atoms with Crippen LogP contribution in [0.2, 0.25) is 0 Å². The minimum absolute atomic E-state index is 0.364. The number of carbonyl (C=O) groups is 1. The number of hydrogen-bond donors (Lipinski definition) is 1. The molecule has 4 nitrogen and oxygen atoms in total. The molecule has 3 aliphatic rings. The van der Waals surface area contributed by atoms with Crippen LogP contribution in [-0.2, 0) is 11.2 Å². The van der Waals surface area contributed by atoms with Crippen molar-refractivity contribution in [2.24, 2.45) is 5.92 Å². The second-order valence-corrected chi connectivity index (χ2v) is 7.74. The van der Waals surface area contributed by atoms with E-state index in [1.54, 1.807) is 11.3 Å². The summed E-state index contributed by atoms with van der Waals surface area (Å²) in [4.78, 5) is 19.8. The third kappa shape index (κ3) is 2.26. The number of piperidine rings is 1. The molecular weight excluding hydrogens is 284 g/mol. The van der Waals surface area contributed by atoms with Crippen molar-refractivity contribution in [3.05, 3.63) is 10.6 Å². The molecule has 1 saturated heterocycles. The van der Waals surface area contributed by atoms with Crippen molar-refractivity contribution in [2.75, 3.05) is 11.4 Å². The highest BCUT2D eigenvalue weighted by Crippen LogP contribution is 2.43. The minimum atomic E-state index is -0.709. The number of aryl methyl sites for hydroxylation is 1. The van der Waals surface area contributed by atoms with Gasteiger partial charge in [0.15, 0.2) is 5.13 Å². The summed E-state index contributed by atoms with van der Waals surface area (Å²) >= 11 is 1.76. The average Bonchev–Trinajstić information content (AvgIpc) is 3.06. The molecule has 5 heteroatoms. The van der Waals surface area contributed by atoms with Gasteiger partial charge >= 0.3 is 5.97 Å². The molecule has 114 valence electrons. The summed E-state index contributed by atoms with van der Waals surface area (Å²) in [5.74, 6) is -0.238. The van der Waals surface area contributed by atoms with Gasteiger partial charge in [-0.25, -0.2) is 4.98 Å². The minimum Gasteiger partial charge on any atom is -0.481 e. The molecule has 0 radical (unpaired) electrons. The van der Waals surface area contributed by atoms with Gasteiger partial charge in [-0.15, -0.1) is 11.3 Å². The number of thiazole rings is 1. The smallest absolute Gasteiger partial charge is 0.312 e. The maximum Gasteiger partial charge on any atom is 0.312 e. The third-order valence-electron chi connectivity index (χ3n) is 5.49. The van der Waals surface area contributed by atoms with E-state index in [1.165, 1.54) is 43.4 Å². The number of aromatic nitrogens is 1. The van der Waals surface area contributed by atoms with Crippen molar-refractivity contribution < 1.29 is 9.90 Å². The van der Waals surface area contributed by atoms with Gasteiger partial charge < -0.3 is 10.0 Å². The van der Waals surface area contributed by atoms with Gasteiger partial charge in [0, 0.05) is 17.5 Å². The zero-order valence-corrected chi connectivity index (χ0v) is 13.1. The second kappa shape index (κ2) is 5.27. The van der Waals surface area contributed by atoms with Crippen LogP contribution in [0.4, 0.5) is 5.13 Å². The Kier molecular flexibility index (Phi) is 3.40. The first-order chi connectivity index (χ1) is 10.2. The first-order valence-corrected chi connectivity index (χ1v) is 9.04. The van der Waals surface area contributed by atoms with Crippen LogP contribution < -0.4 is 4.90 Å². The van der Waals surface area contributed by atoms with Crippen LogP contribution in [-0.4, -0.2) is 28.6 Å². The molecule has 21 heavy (non-hydrogen) atoms. The Labute approximate surface area is 129 Å². The summed E-state index contributed by atoms with van der Waals surface area (Å²) in [6.45, 7) is 1.10. The lowest BCUT2D eigenvalue weighted by Gasteiger charge is -2.44. The summed E-state index contributed by atoms with van der Waals surface area (Å²) in [5, 5.41) is 10.4. The lowest BCUT2D eigenvalue weighted by Crippen LogP contribution is -2.46. The van der Waals surface area contributed by atoms with Crippen LogP contribution in [0.15, 0.2) is 0 Å². The first-order valence-electron chi connectivity index (χ1n) is 8.23. The highest BCUT2D eigenvalue weighted by atomic mass is 32.1. The number of rotatable bonds is 2. The quantitative estimate of drug-likeness (QED) is 0.909. The Morgan fingerprint density at radius 3 is 2.86 bits per heavy atom. The van der Waals surface area contributed by atoms with Crippen molar-refractivity contribution in [2.45, 2.75) is 63.3 Å². The van der Waals surface area contributed by atoms with Crippen molar-refractivity contribution in [1.82, 2.24) is 4.98 Å². The van der Waals surface area contributed by atoms with E-state index < -0.39 is 5.97 Å². The summed E-state index contributed by atoms with van der Waals surface area (Å²) in [5.41, 5.74) is 0.862. The van der Waals surface area contributed by atoms with Crippen LogP contribution in [0.5, 0.6) is 0 Å². The van der Waals surface area contributed by atoms with Crippen LogP contribution >= 0.6 is 11.3 Å². The van der Waals surface area contributed by atoms with Gasteiger partial charge in [-0.1, -0.05) is 12.8 Å². The number of hydrogen-bond acceptors (Lipinski definition) is 4. The van der Waals surface area contributed by atoms with E-state index in [2.05, 4.69) is 4.90 Å². The predicted molar refractivity (Wildman–Crippen MR) is 83.1 cm³/mol. The van der Waals surface area contributed by atoms with Gasteiger partial charge in [0.05, 0.1) is 5.69 Å². The molecule has 1 N–H and O–H groups in total. The number of fused-ring (bicyclic) bond motifs is 2. The fraction of sp³-hybridized carbons (Fsp3) is 0.750. The molecule has 1 aromatic heterocycles. The van der Waals surface area contributed by atoms with Gasteiger partial charge in [-0.3, -0.25) is 4.79 Å². The van der Waals surface area contributed by atoms with E-state index in [-0.39, 0.29) is 5.92 Å². The molecule has 4 rings (SSSR count). The molecule has 2 heterocycles. The fourth-order valence-corrected chi connectivity index (χ4v) is 5.66. The van der Waals surface area contributed by atoms with Gasteiger partial charge in [-0.05, 0) is 44.4 Å². The Morgan fingerprint density at radius 1 is 1.19 bits per heavy atom. The molecule has 0 amide bonds. The van der Waals surface area contributed by atoms with Crippen LogP contribution in [0.1, 0.15) is 61.4 Å². The zero-order valence-electron chi connectivity index (χ0n) is 12.3. The summed E-state index contributed by atoms with van der Waals surface area (Å²) in [7, 11) is 0. The fourth-order valence-electron chi connectivity index (χ4n) is 4.44. The van der Waals surface area contributed by atoms with E-state index in [0.717, 1.165) is 36.1 Å². The molecule has 1 aliphatic heterocycles. The van der Waals surface area contributed by atoms with Crippen molar-refractivity contribution in [1.29, 1.82) is 0 Å². The van der Waals surface area contributed by atoms with E-state index in [1.807, 2.05) is 0 Å². The second-order valence-electron chi connectivity index (χ2n) is 6.68. The topological polar surface area (TPSA) is 53.4 Å². The van der Waals surface area contributed by atoms with Crippen LogP contribution in [0.3, 0.4) is 0 Å². The van der Waals surface area contributed by atoms with Gasteiger partial charge in [-0.2, -0.15) is 0 Å². The Balaban J connectivity index is 1.62. The summed E-state index contributed by atoms with van der Waals surface area (Å²) < 4.78 is 0. The van der Waals surface area contributed by atoms with Crippen LogP contribution in [0, 0.1) is 5.92 Å². The molecule has 0 spiro atoms. The largest absolute Gasteiger partial charge is 0.481 e. The van der Waals surface area contributed by atoms with E-state index >= 15 is 0 Å². The molecule has 0 aromatic carbocycles. The third-order valence-corrected chi connectivity index (χ3v) is 6.66. The Hall–Kier alpha value is -1.10. The van der Waals surface area contributed by atoms with Crippen molar-refractivity contribution in [3.8, 4) is 0 Å². The number of anilines is 1. The zero-order chi connectivity index (χ0) is 14.4. The monoisotopic (exact) mass is 306 g/mol. The van der Waals surface area contributed by atoms with Crippen molar-refractivity contribution in [3.63, 3.8) is 0 Å². The Bertz CT molecular complexity index is 554. The highest BCUT2D eigenvalue weighted by molar-refractivity contribution is 7.15. The van der Waals surface area contributed by atoms with Gasteiger partial charge in [0.25, 0.3) is 0 Å². The highest BCUT2D eigenvalue weighted by Gasteiger charge is 2.37. The lowest BCUT2D eigenvalue weighted by atomic mass is 9.78. The predicted octanol–water partition coefficient (Wildman–Crippen LogP) is 3.42. The van der Waals surface area contributed by atoms with Crippen LogP contribution in [0.25, 0.3) is 0 Å². The molecule has 3 atom stereocenters. The molecule has 3 unspecified atom stereocenters. The number of aliphatic carboxylic acids is 1. The van der Waals surface area contributed by atoms with E-state index in [4.69, 9.17) is 4.98 Å². The molecular formula is C16H22N2O2S. The first kappa shape index (κ1) is 13.6. The van der Waals surface area contributed by atoms with Crippen molar-refractivity contribution >= 4 is 22.4 Å². The van der Waals surface area contributed by atoms with Gasteiger partial charge in [0.1, 0.15) is 5.92 Å². The number of carboxylic acids is 1. The standard InChI is InChI=1S/C16H22N2O2S/c19-15(20)11-7-8-13-14(11)17-16(21-13)18-9-3-5-10-4-1-2-6-12(10)18/h10-12H,1-9H2,(H,19,20). The molecule has 0 bridgehead atoms. The number of nitrogens with zero attached hydrogens (tertiary/aromatic N) is 2. The Morgan fingerprint density at radius 2 is 2.00 bits per heavy atom. The SMILES string of the molecule is O=C(O)C1CCc2sc(N3CCCC4CCCCC43)nc21. The molecule has 2 fully saturated rings. The molecule has 1 aromatic rings. The molecule has 2 aliphatic carbocycles. The summed E-state index contributed by atoms with van der Waals surface area (Å²) in [6.07, 6.45) is 9.62. The summed E-state index contributed by atoms with van der Waals surface area (Å²) in [6, 6.07) is 0.655. The average molecular weight is 306 g/mol. The number of carboxylic acid groups (broad SMARTS) is 1. The van der Waals surface area contributed by atoms with E-state index in [0.29, 0.717) is 6.04 Å². The van der Waals surface area contributed by atoms with E-state index in [9.17, 15) is 9.90 Å². The maximum absolute atomic E-state index is 11.3.